The van der Waals surface area contributed by atoms with Crippen molar-refractivity contribution >= 4 is 11.6 Å². The quantitative estimate of drug-likeness (QED) is 0.524. The largest absolute Gasteiger partial charge is 0.330 e. The number of rotatable bonds is 5. The highest BCUT2D eigenvalue weighted by Gasteiger charge is 1.95. The average Bonchev–Trinajstić information content (AvgIpc) is 2.00. The molecule has 0 bridgehead atoms. The zero-order valence-electron chi connectivity index (χ0n) is 7.26. The number of hydrogen-bond donors (Lipinski definition) is 1. The van der Waals surface area contributed by atoms with Gasteiger partial charge in [0.05, 0.1) is 0 Å². The molecule has 1 nitrogen and oxygen atoms in total. The molecule has 0 aromatic rings. The standard InChI is InChI=1S/C9H15ClFN/c1-8(11)7-9(4-6-12)3-2-5-10/h2-3,7-8H,4-6,12H2,1H3/b3-2-,9-7+. The van der Waals surface area contributed by atoms with Gasteiger partial charge in [-0.1, -0.05) is 12.2 Å². The van der Waals surface area contributed by atoms with E-state index in [1.54, 1.807) is 12.2 Å². The van der Waals surface area contributed by atoms with Gasteiger partial charge in [-0.15, -0.1) is 11.6 Å². The van der Waals surface area contributed by atoms with Crippen molar-refractivity contribution < 1.29 is 4.39 Å². The minimum absolute atomic E-state index is 0.447. The van der Waals surface area contributed by atoms with Crippen LogP contribution in [-0.4, -0.2) is 18.6 Å². The molecule has 1 unspecified atom stereocenters. The fourth-order valence-electron chi connectivity index (χ4n) is 0.880. The smallest absolute Gasteiger partial charge is 0.116 e. The lowest BCUT2D eigenvalue weighted by Crippen LogP contribution is -2.00. The molecule has 0 spiro atoms. The molecule has 0 aromatic heterocycles. The highest BCUT2D eigenvalue weighted by Crippen LogP contribution is 2.06. The second-order valence-corrected chi connectivity index (χ2v) is 2.82. The van der Waals surface area contributed by atoms with E-state index < -0.39 is 6.17 Å². The number of allylic oxidation sites excluding steroid dienone is 3. The van der Waals surface area contributed by atoms with Crippen molar-refractivity contribution in [3.05, 3.63) is 23.8 Å². The molecule has 3 heteroatoms. The normalized spacial score (nSPS) is 15.5. The van der Waals surface area contributed by atoms with E-state index in [0.717, 1.165) is 5.57 Å². The van der Waals surface area contributed by atoms with E-state index in [9.17, 15) is 4.39 Å². The maximum Gasteiger partial charge on any atom is 0.116 e. The van der Waals surface area contributed by atoms with Crippen LogP contribution in [0.15, 0.2) is 23.8 Å². The molecular formula is C9H15ClFN. The Bertz CT molecular complexity index is 164. The molecule has 0 aliphatic carbocycles. The Morgan fingerprint density at radius 1 is 1.67 bits per heavy atom. The molecule has 0 fully saturated rings. The summed E-state index contributed by atoms with van der Waals surface area (Å²) < 4.78 is 12.5. The summed E-state index contributed by atoms with van der Waals surface area (Å²) in [6.07, 6.45) is 4.92. The molecule has 0 radical (unpaired) electrons. The van der Waals surface area contributed by atoms with Gasteiger partial charge in [-0.25, -0.2) is 4.39 Å². The maximum atomic E-state index is 12.5. The van der Waals surface area contributed by atoms with Crippen LogP contribution >= 0.6 is 11.6 Å². The van der Waals surface area contributed by atoms with Crippen molar-refractivity contribution in [3.8, 4) is 0 Å². The van der Waals surface area contributed by atoms with E-state index in [4.69, 9.17) is 17.3 Å². The molecule has 0 aromatic carbocycles. The second kappa shape index (κ2) is 7.32. The van der Waals surface area contributed by atoms with Gasteiger partial charge in [0.15, 0.2) is 0 Å². The first-order chi connectivity index (χ1) is 5.70. The molecule has 1 atom stereocenters. The summed E-state index contributed by atoms with van der Waals surface area (Å²) >= 11 is 5.44. The fraction of sp³-hybridized carbons (Fsp3) is 0.556. The van der Waals surface area contributed by atoms with Gasteiger partial charge in [0, 0.05) is 5.88 Å². The van der Waals surface area contributed by atoms with E-state index >= 15 is 0 Å². The van der Waals surface area contributed by atoms with Gasteiger partial charge in [-0.05, 0) is 31.5 Å². The number of hydrogen-bond acceptors (Lipinski definition) is 1. The third-order valence-electron chi connectivity index (χ3n) is 1.30. The van der Waals surface area contributed by atoms with Gasteiger partial charge in [-0.2, -0.15) is 0 Å². The van der Waals surface area contributed by atoms with E-state index in [1.807, 2.05) is 6.08 Å². The Labute approximate surface area is 78.1 Å². The maximum absolute atomic E-state index is 12.5. The van der Waals surface area contributed by atoms with Gasteiger partial charge in [0.2, 0.25) is 0 Å². The van der Waals surface area contributed by atoms with Gasteiger partial charge < -0.3 is 5.73 Å². The zero-order chi connectivity index (χ0) is 9.40. The lowest BCUT2D eigenvalue weighted by molar-refractivity contribution is 0.428. The third-order valence-corrected chi connectivity index (χ3v) is 1.48. The second-order valence-electron chi connectivity index (χ2n) is 2.51. The molecule has 0 saturated carbocycles. The first-order valence-corrected chi connectivity index (χ1v) is 4.51. The van der Waals surface area contributed by atoms with Gasteiger partial charge in [-0.3, -0.25) is 0 Å². The van der Waals surface area contributed by atoms with Crippen molar-refractivity contribution in [2.75, 3.05) is 12.4 Å². The lowest BCUT2D eigenvalue weighted by atomic mass is 10.1. The van der Waals surface area contributed by atoms with Crippen LogP contribution in [0.25, 0.3) is 0 Å². The van der Waals surface area contributed by atoms with Crippen molar-refractivity contribution in [3.63, 3.8) is 0 Å². The Hall–Kier alpha value is -0.340. The van der Waals surface area contributed by atoms with Crippen LogP contribution in [0.1, 0.15) is 13.3 Å². The van der Waals surface area contributed by atoms with Crippen LogP contribution in [0, 0.1) is 0 Å². The Balaban J connectivity index is 4.12. The molecule has 0 aliphatic rings. The summed E-state index contributed by atoms with van der Waals surface area (Å²) in [5.41, 5.74) is 6.26. The van der Waals surface area contributed by atoms with Crippen LogP contribution in [0.2, 0.25) is 0 Å². The van der Waals surface area contributed by atoms with Gasteiger partial charge in [0.1, 0.15) is 6.17 Å². The SMILES string of the molecule is CC(F)/C=C(\C=C/CCl)CCN. The summed E-state index contributed by atoms with van der Waals surface area (Å²) in [6.45, 7) is 2.02. The third kappa shape index (κ3) is 6.38. The molecule has 0 heterocycles. The minimum atomic E-state index is -0.925. The molecule has 0 amide bonds. The van der Waals surface area contributed by atoms with E-state index in [2.05, 4.69) is 0 Å². The average molecular weight is 192 g/mol. The van der Waals surface area contributed by atoms with E-state index in [-0.39, 0.29) is 0 Å². The van der Waals surface area contributed by atoms with E-state index in [1.165, 1.54) is 6.92 Å². The molecule has 0 rings (SSSR count). The first kappa shape index (κ1) is 11.7. The Kier molecular flexibility index (Phi) is 7.11. The Morgan fingerprint density at radius 3 is 2.75 bits per heavy atom. The summed E-state index contributed by atoms with van der Waals surface area (Å²) in [5, 5.41) is 0. The van der Waals surface area contributed by atoms with Crippen LogP contribution in [0.4, 0.5) is 4.39 Å². The predicted octanol–water partition coefficient (Wildman–Crippen LogP) is 2.41. The van der Waals surface area contributed by atoms with Crippen LogP contribution in [0.5, 0.6) is 0 Å². The van der Waals surface area contributed by atoms with E-state index in [0.29, 0.717) is 18.8 Å². The first-order valence-electron chi connectivity index (χ1n) is 3.98. The molecule has 2 N–H and O–H groups in total. The highest BCUT2D eigenvalue weighted by molar-refractivity contribution is 6.18. The molecule has 0 saturated heterocycles. The summed E-state index contributed by atoms with van der Waals surface area (Å²) in [6, 6.07) is 0. The number of halogens is 2. The fourth-order valence-corrected chi connectivity index (χ4v) is 0.969. The topological polar surface area (TPSA) is 26.0 Å². The van der Waals surface area contributed by atoms with Crippen molar-refractivity contribution in [1.29, 1.82) is 0 Å². The summed E-state index contributed by atoms with van der Waals surface area (Å²) in [5.74, 6) is 0.447. The molecule has 12 heavy (non-hydrogen) atoms. The minimum Gasteiger partial charge on any atom is -0.330 e. The monoisotopic (exact) mass is 191 g/mol. The van der Waals surface area contributed by atoms with Gasteiger partial charge >= 0.3 is 0 Å². The van der Waals surface area contributed by atoms with Crippen molar-refractivity contribution in [2.45, 2.75) is 19.5 Å². The van der Waals surface area contributed by atoms with Crippen LogP contribution < -0.4 is 5.73 Å². The summed E-state index contributed by atoms with van der Waals surface area (Å²) in [7, 11) is 0. The number of alkyl halides is 2. The lowest BCUT2D eigenvalue weighted by Gasteiger charge is -2.00. The van der Waals surface area contributed by atoms with Crippen molar-refractivity contribution in [1.82, 2.24) is 0 Å². The Morgan fingerprint density at radius 2 is 2.33 bits per heavy atom. The van der Waals surface area contributed by atoms with Crippen LogP contribution in [0.3, 0.4) is 0 Å². The predicted molar refractivity (Wildman–Crippen MR) is 52.2 cm³/mol. The molecule has 0 aliphatic heterocycles. The van der Waals surface area contributed by atoms with Crippen molar-refractivity contribution in [2.24, 2.45) is 5.73 Å². The van der Waals surface area contributed by atoms with Gasteiger partial charge in [0.25, 0.3) is 0 Å². The number of nitrogens with two attached hydrogens (primary N) is 1. The summed E-state index contributed by atoms with van der Waals surface area (Å²) in [4.78, 5) is 0. The highest BCUT2D eigenvalue weighted by atomic mass is 35.5. The molecule has 70 valence electrons. The molecular weight excluding hydrogens is 177 g/mol. The van der Waals surface area contributed by atoms with Crippen LogP contribution in [-0.2, 0) is 0 Å². The zero-order valence-corrected chi connectivity index (χ0v) is 8.02.